The molecule has 1 unspecified atom stereocenters. The van der Waals surface area contributed by atoms with E-state index in [1.807, 2.05) is 48.5 Å². The highest BCUT2D eigenvalue weighted by molar-refractivity contribution is 5.73. The summed E-state index contributed by atoms with van der Waals surface area (Å²) < 4.78 is 13.1. The number of aliphatic hydroxyl groups is 1. The smallest absolute Gasteiger partial charge is 0.119 e. The highest BCUT2D eigenvalue weighted by Gasteiger charge is 2.10. The first-order valence-corrected chi connectivity index (χ1v) is 9.58. The maximum Gasteiger partial charge on any atom is 0.119 e. The highest BCUT2D eigenvalue weighted by atomic mass is 16.5. The van der Waals surface area contributed by atoms with Crippen molar-refractivity contribution in [1.82, 2.24) is 15.0 Å². The van der Waals surface area contributed by atoms with Gasteiger partial charge in [0.1, 0.15) is 29.7 Å². The molecule has 1 N–H and O–H groups in total. The van der Waals surface area contributed by atoms with Crippen LogP contribution in [-0.4, -0.2) is 39.4 Å². The number of aromatic nitrogens is 3. The van der Waals surface area contributed by atoms with E-state index in [0.717, 1.165) is 29.8 Å². The molecule has 6 nitrogen and oxygen atoms in total. The molecule has 2 aromatic carbocycles. The second-order valence-corrected chi connectivity index (χ2v) is 6.61. The predicted molar refractivity (Wildman–Crippen MR) is 105 cm³/mol. The van der Waals surface area contributed by atoms with Crippen LogP contribution in [-0.2, 0) is 6.54 Å². The summed E-state index contributed by atoms with van der Waals surface area (Å²) in [6, 6.07) is 15.2. The van der Waals surface area contributed by atoms with Crippen LogP contribution in [0.5, 0.6) is 11.5 Å². The molecular formula is C21H27N3O3. The Labute approximate surface area is 159 Å². The van der Waals surface area contributed by atoms with Gasteiger partial charge in [0.2, 0.25) is 0 Å². The van der Waals surface area contributed by atoms with Crippen LogP contribution < -0.4 is 9.47 Å². The summed E-state index contributed by atoms with van der Waals surface area (Å²) in [4.78, 5) is 0. The topological polar surface area (TPSA) is 69.4 Å². The number of ether oxygens (including phenoxy) is 2. The summed E-state index contributed by atoms with van der Waals surface area (Å²) >= 11 is 0. The number of hydrogen-bond acceptors (Lipinski definition) is 5. The molecule has 0 radical (unpaired) electrons. The molecule has 6 heteroatoms. The Hall–Kier alpha value is -2.60. The maximum atomic E-state index is 10.2. The summed E-state index contributed by atoms with van der Waals surface area (Å²) in [5, 5.41) is 18.4. The van der Waals surface area contributed by atoms with E-state index in [2.05, 4.69) is 17.2 Å². The van der Waals surface area contributed by atoms with Gasteiger partial charge < -0.3 is 14.6 Å². The van der Waals surface area contributed by atoms with Gasteiger partial charge >= 0.3 is 0 Å². The molecule has 0 fully saturated rings. The molecule has 0 aliphatic heterocycles. The lowest BCUT2D eigenvalue weighted by atomic mass is 10.2. The predicted octanol–water partition coefficient (Wildman–Crippen LogP) is 3.83. The molecule has 0 aliphatic rings. The number of aliphatic hydroxyl groups excluding tert-OH is 1. The quantitative estimate of drug-likeness (QED) is 0.520. The molecule has 144 valence electrons. The zero-order chi connectivity index (χ0) is 18.9. The first-order chi connectivity index (χ1) is 13.3. The van der Waals surface area contributed by atoms with Gasteiger partial charge in [-0.15, -0.1) is 5.10 Å². The van der Waals surface area contributed by atoms with E-state index in [-0.39, 0.29) is 6.61 Å². The van der Waals surface area contributed by atoms with Crippen LogP contribution in [0.2, 0.25) is 0 Å². The first kappa shape index (κ1) is 19.2. The minimum atomic E-state index is -0.676. The van der Waals surface area contributed by atoms with Crippen LogP contribution in [0.4, 0.5) is 0 Å². The van der Waals surface area contributed by atoms with Gasteiger partial charge in [0.15, 0.2) is 0 Å². The van der Waals surface area contributed by atoms with Crippen LogP contribution in [0, 0.1) is 0 Å². The zero-order valence-corrected chi connectivity index (χ0v) is 15.8. The van der Waals surface area contributed by atoms with E-state index in [0.29, 0.717) is 12.3 Å². The summed E-state index contributed by atoms with van der Waals surface area (Å²) in [5.41, 5.74) is 1.72. The van der Waals surface area contributed by atoms with Gasteiger partial charge in [-0.3, -0.25) is 0 Å². The fourth-order valence-corrected chi connectivity index (χ4v) is 2.85. The van der Waals surface area contributed by atoms with E-state index < -0.39 is 6.10 Å². The lowest BCUT2D eigenvalue weighted by molar-refractivity contribution is 0.0899. The molecule has 1 heterocycles. The second-order valence-electron chi connectivity index (χ2n) is 6.61. The largest absolute Gasteiger partial charge is 0.494 e. The number of nitrogens with zero attached hydrogens (tertiary/aromatic N) is 3. The minimum Gasteiger partial charge on any atom is -0.494 e. The summed E-state index contributed by atoms with van der Waals surface area (Å²) in [6.07, 6.45) is 4.09. The van der Waals surface area contributed by atoms with Crippen LogP contribution >= 0.6 is 0 Å². The summed E-state index contributed by atoms with van der Waals surface area (Å²) in [5.74, 6) is 1.55. The molecule has 1 aromatic heterocycles. The molecule has 3 rings (SSSR count). The Morgan fingerprint density at radius 1 is 0.963 bits per heavy atom. The molecule has 0 aliphatic carbocycles. The Kier molecular flexibility index (Phi) is 7.04. The van der Waals surface area contributed by atoms with E-state index in [9.17, 15) is 5.11 Å². The summed E-state index contributed by atoms with van der Waals surface area (Å²) in [6.45, 7) is 3.46. The van der Waals surface area contributed by atoms with Crippen LogP contribution in [0.25, 0.3) is 11.0 Å². The van der Waals surface area contributed by atoms with E-state index in [1.54, 1.807) is 4.68 Å². The first-order valence-electron chi connectivity index (χ1n) is 9.58. The molecule has 0 bridgehead atoms. The number of para-hydroxylation sites is 1. The average molecular weight is 369 g/mol. The third-order valence-corrected chi connectivity index (χ3v) is 4.34. The standard InChI is InChI=1S/C21H27N3O3/c1-2-3-4-7-14-26-18-10-12-19(13-11-18)27-16-17(25)15-24-21-9-6-5-8-20(21)22-23-24/h5-6,8-13,17,25H,2-4,7,14-16H2,1H3. The number of hydrogen-bond donors (Lipinski definition) is 1. The number of benzene rings is 2. The molecule has 0 spiro atoms. The van der Waals surface area contributed by atoms with Crippen molar-refractivity contribution >= 4 is 11.0 Å². The normalized spacial score (nSPS) is 12.2. The van der Waals surface area contributed by atoms with Gasteiger partial charge in [-0.05, 0) is 42.8 Å². The lowest BCUT2D eigenvalue weighted by Gasteiger charge is -2.13. The maximum absolute atomic E-state index is 10.2. The van der Waals surface area contributed by atoms with Crippen molar-refractivity contribution in [3.8, 4) is 11.5 Å². The molecule has 1 atom stereocenters. The van der Waals surface area contributed by atoms with Crippen LogP contribution in [0.15, 0.2) is 48.5 Å². The Bertz CT molecular complexity index is 817. The van der Waals surface area contributed by atoms with Crippen molar-refractivity contribution < 1.29 is 14.6 Å². The van der Waals surface area contributed by atoms with Crippen LogP contribution in [0.1, 0.15) is 32.6 Å². The fraction of sp³-hybridized carbons (Fsp3) is 0.429. The monoisotopic (exact) mass is 369 g/mol. The van der Waals surface area contributed by atoms with Crippen molar-refractivity contribution in [2.45, 2.75) is 45.3 Å². The molecule has 0 saturated carbocycles. The van der Waals surface area contributed by atoms with Crippen molar-refractivity contribution in [2.24, 2.45) is 0 Å². The Balaban J connectivity index is 1.42. The molecule has 27 heavy (non-hydrogen) atoms. The van der Waals surface area contributed by atoms with Gasteiger partial charge in [0.25, 0.3) is 0 Å². The van der Waals surface area contributed by atoms with Crippen molar-refractivity contribution in [3.63, 3.8) is 0 Å². The SMILES string of the molecule is CCCCCCOc1ccc(OCC(O)Cn2nnc3ccccc32)cc1. The van der Waals surface area contributed by atoms with Crippen molar-refractivity contribution in [3.05, 3.63) is 48.5 Å². The Morgan fingerprint density at radius 3 is 2.48 bits per heavy atom. The molecule has 0 amide bonds. The van der Waals surface area contributed by atoms with E-state index >= 15 is 0 Å². The zero-order valence-electron chi connectivity index (χ0n) is 15.8. The highest BCUT2D eigenvalue weighted by Crippen LogP contribution is 2.18. The number of rotatable bonds is 11. The van der Waals surface area contributed by atoms with E-state index in [4.69, 9.17) is 9.47 Å². The molecular weight excluding hydrogens is 342 g/mol. The molecule has 0 saturated heterocycles. The third-order valence-electron chi connectivity index (χ3n) is 4.34. The lowest BCUT2D eigenvalue weighted by Crippen LogP contribution is -2.24. The fourth-order valence-electron chi connectivity index (χ4n) is 2.85. The second kappa shape index (κ2) is 9.92. The van der Waals surface area contributed by atoms with Gasteiger partial charge in [0.05, 0.1) is 18.7 Å². The third kappa shape index (κ3) is 5.69. The minimum absolute atomic E-state index is 0.186. The number of fused-ring (bicyclic) bond motifs is 1. The van der Waals surface area contributed by atoms with Gasteiger partial charge in [-0.1, -0.05) is 43.5 Å². The summed E-state index contributed by atoms with van der Waals surface area (Å²) in [7, 11) is 0. The Morgan fingerprint density at radius 2 is 1.70 bits per heavy atom. The van der Waals surface area contributed by atoms with Gasteiger partial charge in [0, 0.05) is 0 Å². The molecule has 3 aromatic rings. The van der Waals surface area contributed by atoms with Gasteiger partial charge in [-0.25, -0.2) is 4.68 Å². The van der Waals surface area contributed by atoms with Crippen molar-refractivity contribution in [2.75, 3.05) is 13.2 Å². The van der Waals surface area contributed by atoms with Gasteiger partial charge in [-0.2, -0.15) is 0 Å². The average Bonchev–Trinajstić information content (AvgIpc) is 3.10. The van der Waals surface area contributed by atoms with E-state index in [1.165, 1.54) is 19.3 Å². The van der Waals surface area contributed by atoms with Crippen molar-refractivity contribution in [1.29, 1.82) is 0 Å². The number of unbranched alkanes of at least 4 members (excludes halogenated alkanes) is 3. The van der Waals surface area contributed by atoms with Crippen LogP contribution in [0.3, 0.4) is 0 Å².